The summed E-state index contributed by atoms with van der Waals surface area (Å²) in [7, 11) is 1.30. The average Bonchev–Trinajstić information content (AvgIpc) is 3.30. The zero-order valence-electron chi connectivity index (χ0n) is 39.9. The van der Waals surface area contributed by atoms with Crippen molar-refractivity contribution in [3.8, 4) is 5.75 Å². The smallest absolute Gasteiger partial charge is 0.236 e. The number of hydrogen-bond acceptors (Lipinski definition) is 13. The Balaban J connectivity index is 2.00. The Morgan fingerprint density at radius 1 is 0.812 bits per heavy atom. The van der Waals surface area contributed by atoms with Crippen molar-refractivity contribution >= 4 is 70.4 Å². The number of likely N-dealkylation sites (N-methyl/N-ethyl adjacent to an activating group) is 1. The molecule has 0 bridgehead atoms. The maximum absolute atomic E-state index is 14.2. The molecule has 0 unspecified atom stereocenters. The lowest BCUT2D eigenvalue weighted by Gasteiger charge is -2.30. The van der Waals surface area contributed by atoms with Crippen molar-refractivity contribution < 1.29 is 62.6 Å². The van der Waals surface area contributed by atoms with Gasteiger partial charge in [0.05, 0.1) is 38.1 Å². The number of benzene rings is 1. The number of phenolic OH excluding ortho intramolecular Hbond substituents is 1. The fourth-order valence-electron chi connectivity index (χ4n) is 8.88. The topological polar surface area (TPSA) is 354 Å². The number of rotatable bonds is 18. The van der Waals surface area contributed by atoms with Gasteiger partial charge in [0.2, 0.25) is 47.3 Å². The lowest BCUT2D eigenvalue weighted by atomic mass is 9.77. The summed E-state index contributed by atoms with van der Waals surface area (Å²) in [6.07, 6.45) is 0.392. The van der Waals surface area contributed by atoms with Crippen LogP contribution in [0.15, 0.2) is 24.3 Å². The van der Waals surface area contributed by atoms with Crippen molar-refractivity contribution in [3.05, 3.63) is 29.8 Å². The molecule has 380 valence electrons. The molecule has 1 saturated carbocycles. The van der Waals surface area contributed by atoms with E-state index in [1.54, 1.807) is 26.0 Å². The van der Waals surface area contributed by atoms with E-state index in [2.05, 4.69) is 21.3 Å². The summed E-state index contributed by atoms with van der Waals surface area (Å²) in [5.74, 6) is -14.0. The Hall–Kier alpha value is -6.54. The molecular formula is C48H70N8O13. The van der Waals surface area contributed by atoms with Gasteiger partial charge in [0.1, 0.15) is 5.75 Å². The maximum Gasteiger partial charge on any atom is 0.236 e. The number of Topliss-reactive ketones (excluding diaryl/α,β-unsaturated/α-hetero) is 4. The second-order valence-corrected chi connectivity index (χ2v) is 18.6. The van der Waals surface area contributed by atoms with Gasteiger partial charge in [-0.05, 0) is 61.6 Å². The molecular weight excluding hydrogens is 897 g/mol. The van der Waals surface area contributed by atoms with Crippen molar-refractivity contribution in [3.63, 3.8) is 0 Å². The highest BCUT2D eigenvalue weighted by Gasteiger charge is 2.37. The number of aromatic hydroxyl groups is 1. The van der Waals surface area contributed by atoms with E-state index in [0.29, 0.717) is 24.8 Å². The second kappa shape index (κ2) is 28.1. The third-order valence-corrected chi connectivity index (χ3v) is 13.0. The largest absolute Gasteiger partial charge is 0.508 e. The molecule has 11 N–H and O–H groups in total. The Morgan fingerprint density at radius 3 is 2.07 bits per heavy atom. The van der Waals surface area contributed by atoms with Crippen LogP contribution in [0, 0.1) is 35.5 Å². The van der Waals surface area contributed by atoms with Gasteiger partial charge in [-0.1, -0.05) is 51.7 Å². The first-order valence-electron chi connectivity index (χ1n) is 23.7. The van der Waals surface area contributed by atoms with Crippen molar-refractivity contribution in [2.45, 2.75) is 129 Å². The molecule has 8 amide bonds. The fraction of sp³-hybridized carbons (Fsp3) is 0.625. The van der Waals surface area contributed by atoms with Gasteiger partial charge in [0.25, 0.3) is 0 Å². The van der Waals surface area contributed by atoms with E-state index in [1.807, 2.05) is 0 Å². The minimum absolute atomic E-state index is 0.00429. The van der Waals surface area contributed by atoms with Crippen molar-refractivity contribution in [2.24, 2.45) is 52.7 Å². The first-order valence-corrected chi connectivity index (χ1v) is 23.7. The molecule has 2 fully saturated rings. The molecule has 0 spiro atoms. The van der Waals surface area contributed by atoms with Gasteiger partial charge in [0, 0.05) is 69.2 Å². The quantitative estimate of drug-likeness (QED) is 0.0958. The number of nitrogens with zero attached hydrogens (tertiary/aromatic N) is 1. The van der Waals surface area contributed by atoms with Gasteiger partial charge < -0.3 is 48.5 Å². The predicted octanol–water partition coefficient (Wildman–Crippen LogP) is -0.0569. The highest BCUT2D eigenvalue weighted by atomic mass is 16.3. The normalized spacial score (nSPS) is 22.7. The van der Waals surface area contributed by atoms with Gasteiger partial charge in [-0.3, -0.25) is 57.5 Å². The number of primary amides is 3. The van der Waals surface area contributed by atoms with Crippen LogP contribution in [0.4, 0.5) is 0 Å². The Morgan fingerprint density at radius 2 is 1.46 bits per heavy atom. The lowest BCUT2D eigenvalue weighted by Crippen LogP contribution is -2.50. The van der Waals surface area contributed by atoms with Gasteiger partial charge in [-0.15, -0.1) is 0 Å². The van der Waals surface area contributed by atoms with E-state index in [-0.39, 0.29) is 50.2 Å². The Bertz CT molecular complexity index is 2050. The van der Waals surface area contributed by atoms with Crippen LogP contribution in [0.25, 0.3) is 0 Å². The Kier molecular flexibility index (Phi) is 23.1. The summed E-state index contributed by atoms with van der Waals surface area (Å²) < 4.78 is 0. The Labute approximate surface area is 401 Å². The molecule has 21 heteroatoms. The fourth-order valence-corrected chi connectivity index (χ4v) is 8.88. The molecule has 1 aliphatic heterocycles. The number of carbonyl (C=O) groups excluding carboxylic acids is 12. The van der Waals surface area contributed by atoms with Crippen LogP contribution in [0.1, 0.15) is 116 Å². The van der Waals surface area contributed by atoms with Crippen LogP contribution in [-0.4, -0.2) is 119 Å². The molecule has 7 atom stereocenters. The third-order valence-electron chi connectivity index (χ3n) is 13.0. The molecule has 2 aliphatic rings. The molecule has 0 aromatic heterocycles. The van der Waals surface area contributed by atoms with Crippen molar-refractivity contribution in [2.75, 3.05) is 26.7 Å². The molecule has 1 heterocycles. The van der Waals surface area contributed by atoms with Gasteiger partial charge in [-0.25, -0.2) is 0 Å². The molecule has 1 aromatic carbocycles. The number of carbonyl (C=O) groups is 12. The summed E-state index contributed by atoms with van der Waals surface area (Å²) >= 11 is 0. The van der Waals surface area contributed by atoms with E-state index < -0.39 is 157 Å². The molecule has 1 saturated heterocycles. The zero-order chi connectivity index (χ0) is 51.4. The van der Waals surface area contributed by atoms with E-state index in [0.717, 1.165) is 24.2 Å². The third kappa shape index (κ3) is 19.5. The minimum Gasteiger partial charge on any atom is -0.508 e. The van der Waals surface area contributed by atoms with Crippen LogP contribution in [0.3, 0.4) is 0 Å². The molecule has 3 rings (SSSR count). The van der Waals surface area contributed by atoms with Gasteiger partial charge in [0.15, 0.2) is 23.1 Å². The van der Waals surface area contributed by atoms with E-state index in [4.69, 9.17) is 17.2 Å². The van der Waals surface area contributed by atoms with E-state index >= 15 is 0 Å². The number of ketones is 4. The van der Waals surface area contributed by atoms with Crippen LogP contribution in [0.2, 0.25) is 0 Å². The summed E-state index contributed by atoms with van der Waals surface area (Å²) in [4.78, 5) is 161. The highest BCUT2D eigenvalue weighted by molar-refractivity contribution is 5.99. The number of amides is 8. The van der Waals surface area contributed by atoms with Crippen LogP contribution >= 0.6 is 0 Å². The number of nitrogens with two attached hydrogens (primary N) is 3. The second-order valence-electron chi connectivity index (χ2n) is 18.6. The van der Waals surface area contributed by atoms with Crippen molar-refractivity contribution in [1.82, 2.24) is 26.2 Å². The average molecular weight is 967 g/mol. The van der Waals surface area contributed by atoms with Crippen LogP contribution < -0.4 is 38.5 Å². The molecule has 1 aliphatic carbocycles. The van der Waals surface area contributed by atoms with E-state index in [9.17, 15) is 62.6 Å². The molecule has 0 radical (unpaired) electrons. The first kappa shape index (κ1) is 56.8. The molecule has 1 aromatic rings. The summed E-state index contributed by atoms with van der Waals surface area (Å²) in [6.45, 7) is 2.01. The zero-order valence-corrected chi connectivity index (χ0v) is 39.9. The number of hydrogen-bond donors (Lipinski definition) is 8. The van der Waals surface area contributed by atoms with Crippen molar-refractivity contribution in [1.29, 1.82) is 0 Å². The standard InChI is InChI=1S/C48H70N8O13/c1-4-27(2)44-39(61)20-30(12-16-40(49)62)45(66)54-37(23-41(50)63)38(60)21-31(13-17-43(65)52-24-34(58)19-32(46(67)55-44)18-28-10-14-33(57)15-11-28)48(69)56(3)26-35(59)22-36(29-8-6-5-7-9-29)47(68)53-25-42(51)64/h10-11,14-15,27,29-32,36-37,44,57H,4-9,12-13,16-26H2,1-3H3,(H2,49,62)(H2,50,63)(H2,51,64)(H,52,65)(H,53,68)(H,54,66)(H,55,67)/t27-,30+,31+,32+,36-,37-,44-/m0/s1. The monoisotopic (exact) mass is 967 g/mol. The number of phenols is 1. The minimum atomic E-state index is -1.65. The predicted molar refractivity (Wildman–Crippen MR) is 248 cm³/mol. The molecule has 69 heavy (non-hydrogen) atoms. The van der Waals surface area contributed by atoms with E-state index in [1.165, 1.54) is 19.2 Å². The first-order chi connectivity index (χ1) is 32.6. The SMILES string of the molecule is CC[C@H](C)[C@@H]1NC(=O)[C@H](Cc2ccc(O)cc2)CC(=O)CNC(=O)CC[C@@H](C(=O)N(C)CC(=O)C[C@H](C(=O)NCC(N)=O)C2CCCCC2)CC(=O)[C@H](CC(N)=O)NC(=O)[C@H](CCC(N)=O)CC1=O. The van der Waals surface area contributed by atoms with Gasteiger partial charge >= 0.3 is 0 Å². The maximum atomic E-state index is 14.2. The summed E-state index contributed by atoms with van der Waals surface area (Å²) in [5, 5.41) is 20.1. The highest BCUT2D eigenvalue weighted by Crippen LogP contribution is 2.32. The van der Waals surface area contributed by atoms with Gasteiger partial charge in [-0.2, -0.15) is 0 Å². The molecule has 21 nitrogen and oxygen atoms in total. The lowest BCUT2D eigenvalue weighted by molar-refractivity contribution is -0.141. The number of nitrogens with one attached hydrogen (secondary N) is 4. The summed E-state index contributed by atoms with van der Waals surface area (Å²) in [5.41, 5.74) is 16.7. The summed E-state index contributed by atoms with van der Waals surface area (Å²) in [6, 6.07) is 3.10. The van der Waals surface area contributed by atoms with Crippen LogP contribution in [-0.2, 0) is 64.0 Å². The van der Waals surface area contributed by atoms with Crippen LogP contribution in [0.5, 0.6) is 5.75 Å².